The van der Waals surface area contributed by atoms with Gasteiger partial charge in [0.25, 0.3) is 0 Å². The number of carbonyl (C=O) groups is 4. The van der Waals surface area contributed by atoms with Crippen molar-refractivity contribution in [1.82, 2.24) is 4.90 Å². The number of alkyl halides is 1. The molecule has 1 aliphatic carbocycles. The van der Waals surface area contributed by atoms with Gasteiger partial charge in [0.2, 0.25) is 11.7 Å². The Morgan fingerprint density at radius 1 is 1.12 bits per heavy atom. The first kappa shape index (κ1) is 42.2. The van der Waals surface area contributed by atoms with Crippen LogP contribution in [0.1, 0.15) is 42.8 Å². The van der Waals surface area contributed by atoms with Crippen LogP contribution in [0.4, 0.5) is 4.39 Å². The van der Waals surface area contributed by atoms with E-state index in [1.807, 2.05) is 0 Å². The molecule has 1 aromatic carbocycles. The zero-order valence-electron chi connectivity index (χ0n) is 28.8. The van der Waals surface area contributed by atoms with Gasteiger partial charge in [-0.25, -0.2) is 13.5 Å². The number of nitrogens with zero attached hydrogens (tertiary/aromatic N) is 1. The molecule has 1 amide bonds. The summed E-state index contributed by atoms with van der Waals surface area (Å²) in [4.78, 5) is 59.5. The number of nitrogens with two attached hydrogens (primary N) is 1. The summed E-state index contributed by atoms with van der Waals surface area (Å²) in [6.45, 7) is -3.39. The van der Waals surface area contributed by atoms with Crippen LogP contribution in [-0.2, 0) is 65.3 Å². The third-order valence-corrected chi connectivity index (χ3v) is 12.2. The number of aliphatic hydroxyl groups is 1. The van der Waals surface area contributed by atoms with Gasteiger partial charge in [-0.15, -0.1) is 0 Å². The Kier molecular flexibility index (Phi) is 13.4. The van der Waals surface area contributed by atoms with E-state index in [0.717, 1.165) is 20.8 Å². The third-order valence-electron chi connectivity index (χ3n) is 8.57. The van der Waals surface area contributed by atoms with Gasteiger partial charge in [-0.2, -0.15) is 4.31 Å². The number of ether oxygens (including phenoxy) is 6. The lowest BCUT2D eigenvalue weighted by atomic mass is 9.86. The van der Waals surface area contributed by atoms with Crippen molar-refractivity contribution in [1.29, 1.82) is 0 Å². The average Bonchev–Trinajstić information content (AvgIpc) is 3.47. The van der Waals surface area contributed by atoms with Crippen LogP contribution in [-0.4, -0.2) is 122 Å². The lowest BCUT2D eigenvalue weighted by Crippen LogP contribution is -2.66. The monoisotopic (exact) mass is 802 g/mol. The van der Waals surface area contributed by atoms with Gasteiger partial charge in [-0.05, 0) is 31.8 Å². The normalized spacial score (nSPS) is 33.9. The molecular weight excluding hydrogens is 761 g/mol. The second-order valence-corrected chi connectivity index (χ2v) is 16.9. The second-order valence-electron chi connectivity index (χ2n) is 12.4. The summed E-state index contributed by atoms with van der Waals surface area (Å²) in [6, 6.07) is 5.79. The maximum absolute atomic E-state index is 15.5. The van der Waals surface area contributed by atoms with Gasteiger partial charge in [0.05, 0.1) is 18.6 Å². The van der Waals surface area contributed by atoms with Gasteiger partial charge in [0.1, 0.15) is 49.2 Å². The number of halogens is 1. The molecule has 4 rings (SSSR count). The number of likely N-dealkylation sites (N-methyl/N-ethyl adjacent to an activating group) is 1. The Labute approximate surface area is 302 Å². The number of benzene rings is 1. The number of thiol groups is 1. The Hall–Kier alpha value is -2.52. The molecule has 0 bridgehead atoms. The van der Waals surface area contributed by atoms with Crippen LogP contribution in [0.25, 0.3) is 0 Å². The largest absolute Gasteiger partial charge is 0.482 e. The van der Waals surface area contributed by atoms with Crippen LogP contribution in [0, 0.1) is 11.8 Å². The Balaban J connectivity index is 1.50. The number of carbonyl (C=O) groups excluding carboxylic acids is 4. The van der Waals surface area contributed by atoms with Gasteiger partial charge in [0, 0.05) is 33.4 Å². The molecule has 0 spiro atoms. The van der Waals surface area contributed by atoms with Gasteiger partial charge in [0.15, 0.2) is 6.29 Å². The lowest BCUT2D eigenvalue weighted by Gasteiger charge is -2.51. The van der Waals surface area contributed by atoms with E-state index in [0.29, 0.717) is 5.56 Å². The molecule has 0 aromatic heterocycles. The van der Waals surface area contributed by atoms with E-state index in [2.05, 4.69) is 17.0 Å². The SMILES string of the molecule is CO[C@@H]1[C@H](N(C)C)[C@@H](COP(=O)(S)OP(=O)(O)OC2OC3(OC(C)=O)C2C(OC(C)=O)C(O)C3[C@@H](F)COC(C)=O)O[C@H]1c1cccc(C(N)=O)c1. The molecule has 8 unspecified atom stereocenters. The number of hydrogen-bond acceptors (Lipinski definition) is 17. The summed E-state index contributed by atoms with van der Waals surface area (Å²) < 4.78 is 89.5. The minimum atomic E-state index is -5.52. The maximum atomic E-state index is 15.5. The highest BCUT2D eigenvalue weighted by molar-refractivity contribution is 8.45. The number of phosphoric acid groups is 1. The highest BCUT2D eigenvalue weighted by atomic mass is 32.7. The predicted octanol–water partition coefficient (Wildman–Crippen LogP) is 1.41. The first-order valence-corrected chi connectivity index (χ1v) is 19.8. The summed E-state index contributed by atoms with van der Waals surface area (Å²) >= 11 is 3.81. The van der Waals surface area contributed by atoms with E-state index in [-0.39, 0.29) is 5.56 Å². The van der Waals surface area contributed by atoms with Crippen LogP contribution in [0.15, 0.2) is 24.3 Å². The molecule has 3 fully saturated rings. The number of hydrogen-bond donors (Lipinski definition) is 4. The van der Waals surface area contributed by atoms with E-state index < -0.39 is 118 Å². The molecular formula is C29H41FN2O17P2S. The van der Waals surface area contributed by atoms with Crippen molar-refractivity contribution in [2.75, 3.05) is 34.4 Å². The number of rotatable bonds is 16. The number of fused-ring (bicyclic) bond motifs is 1. The van der Waals surface area contributed by atoms with Gasteiger partial charge in [-0.1, -0.05) is 24.4 Å². The van der Waals surface area contributed by atoms with Crippen LogP contribution < -0.4 is 5.73 Å². The van der Waals surface area contributed by atoms with E-state index >= 15 is 4.39 Å². The van der Waals surface area contributed by atoms with E-state index in [1.54, 1.807) is 31.1 Å². The molecule has 13 atom stereocenters. The highest BCUT2D eigenvalue weighted by Gasteiger charge is 2.78. The zero-order chi connectivity index (χ0) is 38.9. The molecule has 19 nitrogen and oxygen atoms in total. The third kappa shape index (κ3) is 9.22. The Bertz CT molecular complexity index is 1620. The zero-order valence-corrected chi connectivity index (χ0v) is 31.4. The second kappa shape index (κ2) is 16.5. The number of methoxy groups -OCH3 is 1. The van der Waals surface area contributed by atoms with Crippen LogP contribution in [0.5, 0.6) is 0 Å². The molecule has 52 heavy (non-hydrogen) atoms. The van der Waals surface area contributed by atoms with Gasteiger partial charge < -0.3 is 49.1 Å². The van der Waals surface area contributed by atoms with Gasteiger partial charge >= 0.3 is 32.5 Å². The minimum Gasteiger partial charge on any atom is -0.463 e. The van der Waals surface area contributed by atoms with Crippen molar-refractivity contribution in [3.05, 3.63) is 35.4 Å². The number of aliphatic hydroxyl groups excluding tert-OH is 1. The molecule has 292 valence electrons. The minimum absolute atomic E-state index is 0.220. The first-order chi connectivity index (χ1) is 24.1. The number of amides is 1. The van der Waals surface area contributed by atoms with Crippen molar-refractivity contribution < 1.29 is 84.5 Å². The van der Waals surface area contributed by atoms with Crippen molar-refractivity contribution in [2.24, 2.45) is 17.6 Å². The molecule has 1 saturated carbocycles. The Morgan fingerprint density at radius 3 is 2.35 bits per heavy atom. The van der Waals surface area contributed by atoms with Crippen LogP contribution >= 0.6 is 26.9 Å². The molecule has 1 aromatic rings. The van der Waals surface area contributed by atoms with Crippen molar-refractivity contribution >= 4 is 50.7 Å². The van der Waals surface area contributed by atoms with Crippen molar-refractivity contribution in [2.45, 2.75) is 75.6 Å². The summed E-state index contributed by atoms with van der Waals surface area (Å²) in [5.41, 5.74) is 6.19. The Morgan fingerprint density at radius 2 is 1.79 bits per heavy atom. The average molecular weight is 803 g/mol. The summed E-state index contributed by atoms with van der Waals surface area (Å²) in [5, 5.41) is 11.0. The molecule has 2 heterocycles. The predicted molar refractivity (Wildman–Crippen MR) is 175 cm³/mol. The molecule has 0 radical (unpaired) electrons. The fourth-order valence-corrected chi connectivity index (χ4v) is 9.93. The topological polar surface area (TPSA) is 255 Å². The number of primary amides is 1. The summed E-state index contributed by atoms with van der Waals surface area (Å²) in [6.07, 6.45) is -10.3. The van der Waals surface area contributed by atoms with E-state index in [1.165, 1.54) is 19.2 Å². The van der Waals surface area contributed by atoms with Crippen LogP contribution in [0.3, 0.4) is 0 Å². The fraction of sp³-hybridized carbons (Fsp3) is 0.655. The molecule has 4 N–H and O–H groups in total. The quantitative estimate of drug-likeness (QED) is 0.0798. The smallest absolute Gasteiger partial charge is 0.463 e. The lowest BCUT2D eigenvalue weighted by molar-refractivity contribution is -0.425. The maximum Gasteiger partial charge on any atom is 0.482 e. The van der Waals surface area contributed by atoms with E-state index in [4.69, 9.17) is 42.8 Å². The highest BCUT2D eigenvalue weighted by Crippen LogP contribution is 2.68. The van der Waals surface area contributed by atoms with Gasteiger partial charge in [-0.3, -0.25) is 28.2 Å². The molecule has 23 heteroatoms. The fourth-order valence-electron chi connectivity index (χ4n) is 6.74. The number of phosphoric ester groups is 1. The van der Waals surface area contributed by atoms with Crippen molar-refractivity contribution in [3.8, 4) is 0 Å². The molecule has 2 saturated heterocycles. The first-order valence-electron chi connectivity index (χ1n) is 15.6. The number of esters is 3. The summed E-state index contributed by atoms with van der Waals surface area (Å²) in [7, 11) is -0.656. The van der Waals surface area contributed by atoms with Crippen LogP contribution in [0.2, 0.25) is 0 Å². The van der Waals surface area contributed by atoms with E-state index in [9.17, 15) is 38.3 Å². The molecule has 2 aliphatic heterocycles. The molecule has 3 aliphatic rings. The standard InChI is InChI=1S/C29H41FN2O17P2S/c1-13(33)42-11-18(30)20-23(36)25(44-14(2)34)21-28(47-29(20,21)46-15(3)35)48-50(38,39)49-51(40,52)43-12-19-22(32(4)5)26(41-6)24(45-19)16-8-7-9-17(10-16)27(31)37/h7-10,18-26,28,36H,11-12H2,1-6H3,(H2,31,37)(H,38,39)(H,40,52)/t18-,19+,20?,21?,22+,23?,24-,25?,26+,28?,29?,51?/m0/s1. The van der Waals surface area contributed by atoms with Crippen molar-refractivity contribution in [3.63, 3.8) is 0 Å². The summed E-state index contributed by atoms with van der Waals surface area (Å²) in [5.74, 6) is -9.51.